The van der Waals surface area contributed by atoms with E-state index in [-0.39, 0.29) is 5.91 Å². The van der Waals surface area contributed by atoms with Crippen LogP contribution in [0.2, 0.25) is 0 Å². The van der Waals surface area contributed by atoms with Crippen LogP contribution in [0, 0.1) is 0 Å². The lowest BCUT2D eigenvalue weighted by Gasteiger charge is -2.09. The molecule has 122 valence electrons. The Morgan fingerprint density at radius 2 is 1.88 bits per heavy atom. The largest absolute Gasteiger partial charge is 0.493 e. The van der Waals surface area contributed by atoms with Crippen LogP contribution in [0.15, 0.2) is 57.6 Å². The lowest BCUT2D eigenvalue weighted by Crippen LogP contribution is -2.24. The standard InChI is InChI=1S/C18H15BrN2O3/c1-23-15-7-6-12(10-16(15)24-2)17-20-14(18(22)21-17)9-11-4-3-5-13(19)8-11/h3-10H,1-2H3,(H,20,21,22)/b14-9+. The summed E-state index contributed by atoms with van der Waals surface area (Å²) in [4.78, 5) is 16.6. The molecule has 1 aliphatic heterocycles. The molecular formula is C18H15BrN2O3. The number of ether oxygens (including phenoxy) is 2. The summed E-state index contributed by atoms with van der Waals surface area (Å²) in [5, 5.41) is 2.78. The van der Waals surface area contributed by atoms with Gasteiger partial charge in [-0.25, -0.2) is 4.99 Å². The first kappa shape index (κ1) is 16.3. The minimum Gasteiger partial charge on any atom is -0.493 e. The molecule has 0 spiro atoms. The third kappa shape index (κ3) is 3.33. The normalized spacial score (nSPS) is 15.2. The molecule has 0 bridgehead atoms. The number of hydrogen-bond acceptors (Lipinski definition) is 4. The average Bonchev–Trinajstić information content (AvgIpc) is 2.95. The molecule has 0 saturated heterocycles. The predicted octanol–water partition coefficient (Wildman–Crippen LogP) is 3.38. The third-order valence-electron chi connectivity index (χ3n) is 3.51. The van der Waals surface area contributed by atoms with Crippen LogP contribution in [-0.4, -0.2) is 26.0 Å². The van der Waals surface area contributed by atoms with Gasteiger partial charge in [0.05, 0.1) is 14.2 Å². The Morgan fingerprint density at radius 3 is 2.58 bits per heavy atom. The van der Waals surface area contributed by atoms with Gasteiger partial charge in [-0.1, -0.05) is 28.1 Å². The zero-order chi connectivity index (χ0) is 17.1. The Balaban J connectivity index is 1.94. The van der Waals surface area contributed by atoms with Crippen molar-refractivity contribution in [3.8, 4) is 11.5 Å². The minimum atomic E-state index is -0.236. The summed E-state index contributed by atoms with van der Waals surface area (Å²) in [6.07, 6.45) is 1.74. The fraction of sp³-hybridized carbons (Fsp3) is 0.111. The van der Waals surface area contributed by atoms with Crippen molar-refractivity contribution < 1.29 is 14.3 Å². The number of methoxy groups -OCH3 is 2. The van der Waals surface area contributed by atoms with E-state index in [4.69, 9.17) is 9.47 Å². The number of halogens is 1. The van der Waals surface area contributed by atoms with Gasteiger partial charge in [0.15, 0.2) is 11.5 Å². The number of amidine groups is 1. The smallest absolute Gasteiger partial charge is 0.275 e. The number of nitrogens with one attached hydrogen (secondary N) is 1. The Morgan fingerprint density at radius 1 is 1.08 bits per heavy atom. The molecular weight excluding hydrogens is 372 g/mol. The molecule has 0 aliphatic carbocycles. The van der Waals surface area contributed by atoms with Crippen LogP contribution in [0.25, 0.3) is 6.08 Å². The van der Waals surface area contributed by atoms with Crippen molar-refractivity contribution in [2.75, 3.05) is 14.2 Å². The number of carbonyl (C=O) groups is 1. The average molecular weight is 387 g/mol. The maximum Gasteiger partial charge on any atom is 0.275 e. The number of hydrogen-bond donors (Lipinski definition) is 1. The summed E-state index contributed by atoms with van der Waals surface area (Å²) in [7, 11) is 3.14. The maximum absolute atomic E-state index is 12.2. The zero-order valence-electron chi connectivity index (χ0n) is 13.2. The molecule has 1 aliphatic rings. The second kappa shape index (κ2) is 6.88. The van der Waals surface area contributed by atoms with Crippen LogP contribution in [0.5, 0.6) is 11.5 Å². The Bertz CT molecular complexity index is 859. The third-order valence-corrected chi connectivity index (χ3v) is 4.00. The first-order valence-corrected chi connectivity index (χ1v) is 7.99. The van der Waals surface area contributed by atoms with E-state index in [0.29, 0.717) is 23.0 Å². The van der Waals surface area contributed by atoms with Crippen molar-refractivity contribution in [2.24, 2.45) is 4.99 Å². The van der Waals surface area contributed by atoms with Crippen molar-refractivity contribution in [3.05, 3.63) is 63.8 Å². The first-order valence-electron chi connectivity index (χ1n) is 7.20. The van der Waals surface area contributed by atoms with Crippen molar-refractivity contribution in [3.63, 3.8) is 0 Å². The second-order valence-corrected chi connectivity index (χ2v) is 5.98. The molecule has 0 aromatic heterocycles. The van der Waals surface area contributed by atoms with Crippen LogP contribution < -0.4 is 14.8 Å². The first-order chi connectivity index (χ1) is 11.6. The molecule has 1 N–H and O–H groups in total. The number of rotatable bonds is 4. The summed E-state index contributed by atoms with van der Waals surface area (Å²) >= 11 is 3.41. The van der Waals surface area contributed by atoms with Crippen LogP contribution in [0.4, 0.5) is 0 Å². The van der Waals surface area contributed by atoms with Gasteiger partial charge >= 0.3 is 0 Å². The molecule has 5 nitrogen and oxygen atoms in total. The summed E-state index contributed by atoms with van der Waals surface area (Å²) < 4.78 is 11.4. The van der Waals surface area contributed by atoms with Crippen LogP contribution in [0.3, 0.4) is 0 Å². The molecule has 0 fully saturated rings. The van der Waals surface area contributed by atoms with E-state index < -0.39 is 0 Å². The Kier molecular flexibility index (Phi) is 4.66. The maximum atomic E-state index is 12.2. The fourth-order valence-electron chi connectivity index (χ4n) is 2.34. The van der Waals surface area contributed by atoms with E-state index in [9.17, 15) is 4.79 Å². The number of amides is 1. The van der Waals surface area contributed by atoms with Crippen LogP contribution in [-0.2, 0) is 4.79 Å². The SMILES string of the molecule is COc1ccc(C2=N/C(=C/c3cccc(Br)c3)C(=O)N2)cc1OC. The quantitative estimate of drug-likeness (QED) is 0.819. The molecule has 0 atom stereocenters. The molecule has 24 heavy (non-hydrogen) atoms. The molecule has 0 saturated carbocycles. The van der Waals surface area contributed by atoms with Gasteiger partial charge in [0.25, 0.3) is 5.91 Å². The van der Waals surface area contributed by atoms with E-state index >= 15 is 0 Å². The van der Waals surface area contributed by atoms with Crippen molar-refractivity contribution in [1.82, 2.24) is 5.32 Å². The molecule has 0 radical (unpaired) electrons. The summed E-state index contributed by atoms with van der Waals surface area (Å²) in [5.74, 6) is 1.45. The van der Waals surface area contributed by atoms with Gasteiger partial charge in [-0.05, 0) is 42.0 Å². The van der Waals surface area contributed by atoms with Crippen molar-refractivity contribution in [2.45, 2.75) is 0 Å². The highest BCUT2D eigenvalue weighted by Crippen LogP contribution is 2.28. The van der Waals surface area contributed by atoms with Gasteiger partial charge < -0.3 is 14.8 Å². The summed E-state index contributed by atoms with van der Waals surface area (Å²) in [6, 6.07) is 13.0. The van der Waals surface area contributed by atoms with Crippen LogP contribution >= 0.6 is 15.9 Å². The van der Waals surface area contributed by atoms with Gasteiger partial charge in [0.1, 0.15) is 11.5 Å². The van der Waals surface area contributed by atoms with Gasteiger partial charge in [-0.2, -0.15) is 0 Å². The van der Waals surface area contributed by atoms with Gasteiger partial charge in [0, 0.05) is 10.0 Å². The van der Waals surface area contributed by atoms with Gasteiger partial charge in [-0.3, -0.25) is 4.79 Å². The van der Waals surface area contributed by atoms with E-state index in [1.165, 1.54) is 0 Å². The van der Waals surface area contributed by atoms with E-state index in [1.54, 1.807) is 32.4 Å². The monoisotopic (exact) mass is 386 g/mol. The van der Waals surface area contributed by atoms with Gasteiger partial charge in [-0.15, -0.1) is 0 Å². The van der Waals surface area contributed by atoms with E-state index in [1.807, 2.05) is 30.3 Å². The topological polar surface area (TPSA) is 59.9 Å². The molecule has 1 amide bonds. The molecule has 6 heteroatoms. The Hall–Kier alpha value is -2.60. The minimum absolute atomic E-state index is 0.236. The zero-order valence-corrected chi connectivity index (χ0v) is 14.8. The van der Waals surface area contributed by atoms with E-state index in [0.717, 1.165) is 15.6 Å². The Labute approximate surface area is 148 Å². The number of aliphatic imine (C=N–C) groups is 1. The predicted molar refractivity (Wildman–Crippen MR) is 96.3 cm³/mol. The molecule has 2 aromatic rings. The van der Waals surface area contributed by atoms with Crippen molar-refractivity contribution >= 4 is 33.7 Å². The fourth-order valence-corrected chi connectivity index (χ4v) is 2.76. The molecule has 2 aromatic carbocycles. The second-order valence-electron chi connectivity index (χ2n) is 5.07. The number of nitrogens with zero attached hydrogens (tertiary/aromatic N) is 1. The summed E-state index contributed by atoms with van der Waals surface area (Å²) in [6.45, 7) is 0. The molecule has 0 unspecified atom stereocenters. The van der Waals surface area contributed by atoms with Crippen LogP contribution in [0.1, 0.15) is 11.1 Å². The lowest BCUT2D eigenvalue weighted by atomic mass is 10.2. The highest BCUT2D eigenvalue weighted by atomic mass is 79.9. The number of carbonyl (C=O) groups excluding carboxylic acids is 1. The lowest BCUT2D eigenvalue weighted by molar-refractivity contribution is -0.115. The highest BCUT2D eigenvalue weighted by molar-refractivity contribution is 9.10. The van der Waals surface area contributed by atoms with Crippen molar-refractivity contribution in [1.29, 1.82) is 0 Å². The number of benzene rings is 2. The molecule has 1 heterocycles. The van der Waals surface area contributed by atoms with E-state index in [2.05, 4.69) is 26.2 Å². The highest BCUT2D eigenvalue weighted by Gasteiger charge is 2.22. The molecule has 3 rings (SSSR count). The van der Waals surface area contributed by atoms with Gasteiger partial charge in [0.2, 0.25) is 0 Å². The summed E-state index contributed by atoms with van der Waals surface area (Å²) in [5.41, 5.74) is 2.00.